The molecular formula is C21H35IN6O4. The van der Waals surface area contributed by atoms with E-state index in [0.29, 0.717) is 32.8 Å². The molecule has 2 rings (SSSR count). The van der Waals surface area contributed by atoms with Crippen molar-refractivity contribution in [2.45, 2.75) is 6.92 Å². The van der Waals surface area contributed by atoms with Crippen LogP contribution in [-0.4, -0.2) is 105 Å². The number of phenolic OH excluding ortho intramolecular Hbond substituents is 1. The molecule has 0 aliphatic carbocycles. The number of carbonyl (C=O) groups is 2. The van der Waals surface area contributed by atoms with Gasteiger partial charge < -0.3 is 30.7 Å². The molecule has 4 N–H and O–H groups in total. The number of phenols is 1. The van der Waals surface area contributed by atoms with E-state index in [1.165, 1.54) is 6.07 Å². The molecule has 180 valence electrons. The van der Waals surface area contributed by atoms with Crippen molar-refractivity contribution < 1.29 is 19.4 Å². The molecule has 0 spiro atoms. The van der Waals surface area contributed by atoms with Crippen LogP contribution in [0.3, 0.4) is 0 Å². The van der Waals surface area contributed by atoms with Gasteiger partial charge in [0, 0.05) is 52.9 Å². The number of ether oxygens (including phenoxy) is 1. The van der Waals surface area contributed by atoms with E-state index in [4.69, 9.17) is 4.74 Å². The Bertz CT molecular complexity index is 741. The van der Waals surface area contributed by atoms with Crippen LogP contribution >= 0.6 is 24.0 Å². The second kappa shape index (κ2) is 15.6. The molecular weight excluding hydrogens is 527 g/mol. The fourth-order valence-electron chi connectivity index (χ4n) is 3.19. The minimum atomic E-state index is -0.323. The van der Waals surface area contributed by atoms with Crippen LogP contribution in [0.2, 0.25) is 0 Å². The Morgan fingerprint density at radius 1 is 1.09 bits per heavy atom. The zero-order valence-corrected chi connectivity index (χ0v) is 21.1. The highest BCUT2D eigenvalue weighted by Gasteiger charge is 2.21. The van der Waals surface area contributed by atoms with Crippen molar-refractivity contribution in [3.05, 3.63) is 29.8 Å². The molecule has 1 aliphatic rings. The molecule has 1 aromatic carbocycles. The van der Waals surface area contributed by atoms with Gasteiger partial charge in [-0.15, -0.1) is 24.0 Å². The van der Waals surface area contributed by atoms with E-state index in [0.717, 1.165) is 38.7 Å². The largest absolute Gasteiger partial charge is 0.507 e. The lowest BCUT2D eigenvalue weighted by molar-refractivity contribution is -0.122. The first-order chi connectivity index (χ1) is 15.0. The summed E-state index contributed by atoms with van der Waals surface area (Å²) in [6, 6.07) is 6.44. The summed E-state index contributed by atoms with van der Waals surface area (Å²) in [4.78, 5) is 33.0. The molecule has 1 aromatic rings. The topological polar surface area (TPSA) is 119 Å². The zero-order chi connectivity index (χ0) is 22.5. The number of benzene rings is 1. The quantitative estimate of drug-likeness (QED) is 0.138. The van der Waals surface area contributed by atoms with Gasteiger partial charge >= 0.3 is 0 Å². The Hall–Kier alpha value is -2.12. The number of aliphatic imine (C=N–C) groups is 1. The Kier molecular flexibility index (Phi) is 13.6. The van der Waals surface area contributed by atoms with Crippen molar-refractivity contribution in [3.63, 3.8) is 0 Å². The van der Waals surface area contributed by atoms with Crippen LogP contribution in [0.15, 0.2) is 29.3 Å². The highest BCUT2D eigenvalue weighted by molar-refractivity contribution is 14.0. The predicted molar refractivity (Wildman–Crippen MR) is 135 cm³/mol. The maximum absolute atomic E-state index is 12.2. The van der Waals surface area contributed by atoms with Gasteiger partial charge in [-0.2, -0.15) is 0 Å². The van der Waals surface area contributed by atoms with Gasteiger partial charge in [-0.25, -0.2) is 0 Å². The van der Waals surface area contributed by atoms with Crippen molar-refractivity contribution in [3.8, 4) is 5.75 Å². The van der Waals surface area contributed by atoms with Gasteiger partial charge in [0.25, 0.3) is 5.91 Å². The van der Waals surface area contributed by atoms with E-state index in [-0.39, 0.29) is 47.1 Å². The van der Waals surface area contributed by atoms with Gasteiger partial charge in [0.05, 0.1) is 25.3 Å². The second-order valence-corrected chi connectivity index (χ2v) is 7.11. The minimum absolute atomic E-state index is 0. The molecule has 32 heavy (non-hydrogen) atoms. The maximum Gasteiger partial charge on any atom is 0.255 e. The van der Waals surface area contributed by atoms with Crippen molar-refractivity contribution >= 4 is 41.8 Å². The van der Waals surface area contributed by atoms with Gasteiger partial charge in [0.15, 0.2) is 5.96 Å². The summed E-state index contributed by atoms with van der Waals surface area (Å²) in [5.41, 5.74) is 0.251. The molecule has 11 heteroatoms. The van der Waals surface area contributed by atoms with E-state index >= 15 is 0 Å². The number of nitrogens with zero attached hydrogens (tertiary/aromatic N) is 3. The molecule has 0 radical (unpaired) electrons. The molecule has 0 bridgehead atoms. The second-order valence-electron chi connectivity index (χ2n) is 7.11. The SMILES string of the molecule is CCNC(=NCCNC(=O)c1ccccc1O)N1CCN(CC(=O)NCCOC)CC1.I. The maximum atomic E-state index is 12.2. The lowest BCUT2D eigenvalue weighted by atomic mass is 10.2. The van der Waals surface area contributed by atoms with Crippen molar-refractivity contribution in [2.75, 3.05) is 72.6 Å². The summed E-state index contributed by atoms with van der Waals surface area (Å²) >= 11 is 0. The predicted octanol–water partition coefficient (Wildman–Crippen LogP) is 0.0857. The van der Waals surface area contributed by atoms with E-state index in [9.17, 15) is 14.7 Å². The van der Waals surface area contributed by atoms with Crippen molar-refractivity contribution in [1.82, 2.24) is 25.8 Å². The number of piperazine rings is 1. The zero-order valence-electron chi connectivity index (χ0n) is 18.8. The van der Waals surface area contributed by atoms with Crippen LogP contribution in [0.1, 0.15) is 17.3 Å². The fourth-order valence-corrected chi connectivity index (χ4v) is 3.19. The normalized spacial score (nSPS) is 14.4. The fraction of sp³-hybridized carbons (Fsp3) is 0.571. The number of hydrogen-bond acceptors (Lipinski definition) is 6. The van der Waals surface area contributed by atoms with Crippen LogP contribution < -0.4 is 16.0 Å². The summed E-state index contributed by atoms with van der Waals surface area (Å²) < 4.78 is 4.94. The number of rotatable bonds is 10. The van der Waals surface area contributed by atoms with E-state index in [1.54, 1.807) is 25.3 Å². The highest BCUT2D eigenvalue weighted by Crippen LogP contribution is 2.14. The van der Waals surface area contributed by atoms with E-state index in [2.05, 4.69) is 30.7 Å². The first kappa shape index (κ1) is 27.9. The number of guanidine groups is 1. The molecule has 2 amide bonds. The molecule has 0 aromatic heterocycles. The Morgan fingerprint density at radius 3 is 2.47 bits per heavy atom. The Balaban J connectivity index is 0.00000512. The van der Waals surface area contributed by atoms with Crippen LogP contribution in [0, 0.1) is 0 Å². The van der Waals surface area contributed by atoms with Crippen LogP contribution in [0.5, 0.6) is 5.75 Å². The van der Waals surface area contributed by atoms with Gasteiger partial charge in [0.2, 0.25) is 5.91 Å². The third kappa shape index (κ3) is 9.57. The van der Waals surface area contributed by atoms with Crippen LogP contribution in [0.25, 0.3) is 0 Å². The van der Waals surface area contributed by atoms with Crippen LogP contribution in [0.4, 0.5) is 0 Å². The number of hydrogen-bond donors (Lipinski definition) is 4. The summed E-state index contributed by atoms with van der Waals surface area (Å²) in [7, 11) is 1.61. The minimum Gasteiger partial charge on any atom is -0.507 e. The molecule has 0 atom stereocenters. The van der Waals surface area contributed by atoms with Gasteiger partial charge in [-0.05, 0) is 19.1 Å². The smallest absolute Gasteiger partial charge is 0.255 e. The standard InChI is InChI=1S/C21H34N6O4.HI/c1-3-22-21(25-9-8-24-20(30)17-6-4-5-7-18(17)28)27-13-11-26(12-14-27)16-19(29)23-10-15-31-2;/h4-7,28H,3,8-16H2,1-2H3,(H,22,25)(H,23,29)(H,24,30);1H. The van der Waals surface area contributed by atoms with E-state index < -0.39 is 0 Å². The first-order valence-electron chi connectivity index (χ1n) is 10.6. The Labute approximate surface area is 206 Å². The summed E-state index contributed by atoms with van der Waals surface area (Å²) in [5, 5.41) is 18.7. The average Bonchev–Trinajstić information content (AvgIpc) is 2.77. The molecule has 1 heterocycles. The number of nitrogens with one attached hydrogen (secondary N) is 3. The lowest BCUT2D eigenvalue weighted by Gasteiger charge is -2.36. The molecule has 10 nitrogen and oxygen atoms in total. The highest BCUT2D eigenvalue weighted by atomic mass is 127. The summed E-state index contributed by atoms with van der Waals surface area (Å²) in [5.74, 6) is 0.438. The van der Waals surface area contributed by atoms with Crippen LogP contribution in [-0.2, 0) is 9.53 Å². The number of amides is 2. The molecule has 1 fully saturated rings. The van der Waals surface area contributed by atoms with Crippen molar-refractivity contribution in [2.24, 2.45) is 4.99 Å². The van der Waals surface area contributed by atoms with Gasteiger partial charge in [-0.1, -0.05) is 12.1 Å². The van der Waals surface area contributed by atoms with Gasteiger partial charge in [-0.3, -0.25) is 19.5 Å². The van der Waals surface area contributed by atoms with E-state index in [1.807, 2.05) is 6.92 Å². The summed E-state index contributed by atoms with van der Waals surface area (Å²) in [6.45, 7) is 8.02. The number of aromatic hydroxyl groups is 1. The van der Waals surface area contributed by atoms with Crippen molar-refractivity contribution in [1.29, 1.82) is 0 Å². The molecule has 1 aliphatic heterocycles. The average molecular weight is 562 g/mol. The molecule has 0 saturated carbocycles. The number of methoxy groups -OCH3 is 1. The lowest BCUT2D eigenvalue weighted by Crippen LogP contribution is -2.54. The molecule has 0 unspecified atom stereocenters. The number of carbonyl (C=O) groups excluding carboxylic acids is 2. The number of halogens is 1. The first-order valence-corrected chi connectivity index (χ1v) is 10.6. The third-order valence-corrected chi connectivity index (χ3v) is 4.81. The van der Waals surface area contributed by atoms with Gasteiger partial charge in [0.1, 0.15) is 5.75 Å². The monoisotopic (exact) mass is 562 g/mol. The summed E-state index contributed by atoms with van der Waals surface area (Å²) in [6.07, 6.45) is 0. The Morgan fingerprint density at radius 2 is 1.81 bits per heavy atom. The number of para-hydroxylation sites is 1. The molecule has 1 saturated heterocycles. The third-order valence-electron chi connectivity index (χ3n) is 4.81.